The van der Waals surface area contributed by atoms with Crippen LogP contribution in [0.1, 0.15) is 6.42 Å². The first-order chi connectivity index (χ1) is 7.02. The molecule has 0 bridgehead atoms. The smallest absolute Gasteiger partial charge is 0.323 e. The van der Waals surface area contributed by atoms with E-state index in [1.165, 1.54) is 7.11 Å². The summed E-state index contributed by atoms with van der Waals surface area (Å²) < 4.78 is 4.80. The van der Waals surface area contributed by atoms with Crippen molar-refractivity contribution in [2.45, 2.75) is 12.5 Å². The first-order valence-electron chi connectivity index (χ1n) is 4.65. The molecule has 0 aromatic carbocycles. The molecular weight excluding hydrogens is 200 g/mol. The summed E-state index contributed by atoms with van der Waals surface area (Å²) in [7, 11) is 4.65. The predicted octanol–water partition coefficient (Wildman–Crippen LogP) is -0.846. The van der Waals surface area contributed by atoms with Crippen LogP contribution < -0.4 is 5.32 Å². The minimum atomic E-state index is -0.948. The van der Waals surface area contributed by atoms with Gasteiger partial charge in [-0.05, 0) is 7.05 Å². The quantitative estimate of drug-likeness (QED) is 0.582. The Bertz CT molecular complexity index is 220. The third-order valence-electron chi connectivity index (χ3n) is 2.11. The topological polar surface area (TPSA) is 78.9 Å². The number of methoxy groups -OCH3 is 1. The maximum absolute atomic E-state index is 11.0. The number of nitrogens with zero attached hydrogens (tertiary/aromatic N) is 1. The van der Waals surface area contributed by atoms with E-state index >= 15 is 0 Å². The maximum atomic E-state index is 11.0. The van der Waals surface area contributed by atoms with Crippen LogP contribution in [0.4, 0.5) is 0 Å². The zero-order valence-electron chi connectivity index (χ0n) is 9.32. The first kappa shape index (κ1) is 13.9. The van der Waals surface area contributed by atoms with Crippen molar-refractivity contribution in [1.29, 1.82) is 0 Å². The molecule has 0 aliphatic heterocycles. The highest BCUT2D eigenvalue weighted by Gasteiger charge is 2.22. The number of rotatable bonds is 7. The monoisotopic (exact) mass is 218 g/mol. The Morgan fingerprint density at radius 2 is 2.13 bits per heavy atom. The second-order valence-corrected chi connectivity index (χ2v) is 3.21. The minimum Gasteiger partial charge on any atom is -0.480 e. The lowest BCUT2D eigenvalue weighted by atomic mass is 10.2. The number of carbonyl (C=O) groups is 2. The van der Waals surface area contributed by atoms with E-state index in [9.17, 15) is 9.59 Å². The molecule has 0 fully saturated rings. The summed E-state index contributed by atoms with van der Waals surface area (Å²) in [5.41, 5.74) is 0. The third-order valence-corrected chi connectivity index (χ3v) is 2.11. The number of hydrogen-bond acceptors (Lipinski definition) is 4. The van der Waals surface area contributed by atoms with E-state index in [-0.39, 0.29) is 18.9 Å². The molecule has 1 atom stereocenters. The van der Waals surface area contributed by atoms with Gasteiger partial charge >= 0.3 is 5.97 Å². The molecule has 0 aliphatic rings. The summed E-state index contributed by atoms with van der Waals surface area (Å²) in [6.45, 7) is 0.500. The van der Waals surface area contributed by atoms with Gasteiger partial charge in [-0.2, -0.15) is 0 Å². The highest BCUT2D eigenvalue weighted by atomic mass is 16.5. The van der Waals surface area contributed by atoms with Crippen molar-refractivity contribution in [2.75, 3.05) is 34.4 Å². The van der Waals surface area contributed by atoms with Crippen molar-refractivity contribution in [3.8, 4) is 0 Å². The van der Waals surface area contributed by atoms with Gasteiger partial charge in [0.1, 0.15) is 6.04 Å². The van der Waals surface area contributed by atoms with E-state index < -0.39 is 12.0 Å². The Kier molecular flexibility index (Phi) is 6.64. The molecule has 0 aromatic rings. The minimum absolute atomic E-state index is 0.108. The second-order valence-electron chi connectivity index (χ2n) is 3.21. The summed E-state index contributed by atoms with van der Waals surface area (Å²) in [4.78, 5) is 23.4. The predicted molar refractivity (Wildman–Crippen MR) is 54.6 cm³/mol. The number of hydrogen-bond donors (Lipinski definition) is 2. The number of carboxylic acids is 1. The Hall–Kier alpha value is -1.14. The molecule has 0 aromatic heterocycles. The summed E-state index contributed by atoms with van der Waals surface area (Å²) >= 11 is 0. The van der Waals surface area contributed by atoms with Gasteiger partial charge in [0, 0.05) is 27.1 Å². The molecule has 1 amide bonds. The van der Waals surface area contributed by atoms with E-state index in [1.807, 2.05) is 0 Å². The lowest BCUT2D eigenvalue weighted by Gasteiger charge is -2.23. The molecule has 1 unspecified atom stereocenters. The molecule has 0 saturated heterocycles. The molecule has 0 radical (unpaired) electrons. The fourth-order valence-corrected chi connectivity index (χ4v) is 1.10. The van der Waals surface area contributed by atoms with Crippen LogP contribution in [-0.4, -0.2) is 62.3 Å². The lowest BCUT2D eigenvalue weighted by Crippen LogP contribution is -2.43. The molecule has 6 nitrogen and oxygen atoms in total. The van der Waals surface area contributed by atoms with Crippen LogP contribution >= 0.6 is 0 Å². The molecule has 0 rings (SSSR count). The van der Waals surface area contributed by atoms with Crippen LogP contribution in [0.5, 0.6) is 0 Å². The zero-order chi connectivity index (χ0) is 11.8. The Morgan fingerprint density at radius 1 is 1.53 bits per heavy atom. The Balaban J connectivity index is 4.07. The molecule has 0 saturated carbocycles. The number of likely N-dealkylation sites (N-methyl/N-ethyl adjacent to an activating group) is 1. The molecule has 0 aliphatic carbocycles. The number of amides is 1. The van der Waals surface area contributed by atoms with Gasteiger partial charge in [0.05, 0.1) is 6.61 Å². The molecule has 6 heteroatoms. The SMILES string of the molecule is CNC(=O)CCN(C)C(COC)C(=O)O. The van der Waals surface area contributed by atoms with Crippen molar-refractivity contribution < 1.29 is 19.4 Å². The van der Waals surface area contributed by atoms with Gasteiger partial charge in [0.15, 0.2) is 0 Å². The van der Waals surface area contributed by atoms with Crippen molar-refractivity contribution in [2.24, 2.45) is 0 Å². The van der Waals surface area contributed by atoms with Crippen molar-refractivity contribution in [1.82, 2.24) is 10.2 Å². The Labute approximate surface area is 89.2 Å². The van der Waals surface area contributed by atoms with Crippen molar-refractivity contribution in [3.05, 3.63) is 0 Å². The van der Waals surface area contributed by atoms with E-state index in [4.69, 9.17) is 9.84 Å². The number of ether oxygens (including phenoxy) is 1. The fraction of sp³-hybridized carbons (Fsp3) is 0.778. The molecule has 0 heterocycles. The van der Waals surface area contributed by atoms with E-state index in [0.717, 1.165) is 0 Å². The third kappa shape index (κ3) is 5.34. The number of carbonyl (C=O) groups excluding carboxylic acids is 1. The van der Waals surface area contributed by atoms with Crippen LogP contribution in [0.3, 0.4) is 0 Å². The highest BCUT2D eigenvalue weighted by Crippen LogP contribution is 1.99. The van der Waals surface area contributed by atoms with Crippen molar-refractivity contribution in [3.63, 3.8) is 0 Å². The average molecular weight is 218 g/mol. The second kappa shape index (κ2) is 7.19. The summed E-state index contributed by atoms with van der Waals surface area (Å²) in [6.07, 6.45) is 0.278. The zero-order valence-corrected chi connectivity index (χ0v) is 9.32. The molecule has 2 N–H and O–H groups in total. The number of carboxylic acid groups (broad SMARTS) is 1. The van der Waals surface area contributed by atoms with Gasteiger partial charge < -0.3 is 15.2 Å². The highest BCUT2D eigenvalue weighted by molar-refractivity contribution is 5.76. The van der Waals surface area contributed by atoms with E-state index in [0.29, 0.717) is 6.54 Å². The average Bonchev–Trinajstić information content (AvgIpc) is 2.21. The van der Waals surface area contributed by atoms with Gasteiger partial charge in [-0.1, -0.05) is 0 Å². The first-order valence-corrected chi connectivity index (χ1v) is 4.65. The van der Waals surface area contributed by atoms with E-state index in [1.54, 1.807) is 19.0 Å². The summed E-state index contributed by atoms with van der Waals surface area (Å²) in [6, 6.07) is -0.709. The van der Waals surface area contributed by atoms with Gasteiger partial charge in [0.2, 0.25) is 5.91 Å². The Morgan fingerprint density at radius 3 is 2.53 bits per heavy atom. The van der Waals surface area contributed by atoms with Gasteiger partial charge in [-0.25, -0.2) is 0 Å². The molecular formula is C9H18N2O4. The largest absolute Gasteiger partial charge is 0.480 e. The van der Waals surface area contributed by atoms with Crippen LogP contribution in [0.15, 0.2) is 0 Å². The lowest BCUT2D eigenvalue weighted by molar-refractivity contribution is -0.145. The van der Waals surface area contributed by atoms with Gasteiger partial charge in [0.25, 0.3) is 0 Å². The van der Waals surface area contributed by atoms with Crippen LogP contribution in [0.2, 0.25) is 0 Å². The van der Waals surface area contributed by atoms with Crippen molar-refractivity contribution >= 4 is 11.9 Å². The van der Waals surface area contributed by atoms with Gasteiger partial charge in [-0.3, -0.25) is 14.5 Å². The number of nitrogens with one attached hydrogen (secondary N) is 1. The normalized spacial score (nSPS) is 12.5. The standard InChI is InChI=1S/C9H18N2O4/c1-10-8(12)4-5-11(2)7(6-15-3)9(13)14/h7H,4-6H2,1-3H3,(H,10,12)(H,13,14). The maximum Gasteiger partial charge on any atom is 0.323 e. The van der Waals surface area contributed by atoms with E-state index in [2.05, 4.69) is 5.32 Å². The molecule has 15 heavy (non-hydrogen) atoms. The summed E-state index contributed by atoms with van der Waals surface area (Å²) in [5.74, 6) is -1.06. The molecule has 0 spiro atoms. The molecule has 88 valence electrons. The van der Waals surface area contributed by atoms with Crippen LogP contribution in [0, 0.1) is 0 Å². The van der Waals surface area contributed by atoms with Crippen LogP contribution in [-0.2, 0) is 14.3 Å². The van der Waals surface area contributed by atoms with Crippen LogP contribution in [0.25, 0.3) is 0 Å². The summed E-state index contributed by atoms with van der Waals surface area (Å²) in [5, 5.41) is 11.4. The van der Waals surface area contributed by atoms with Gasteiger partial charge in [-0.15, -0.1) is 0 Å². The number of aliphatic carboxylic acids is 1. The fourth-order valence-electron chi connectivity index (χ4n) is 1.10.